The van der Waals surface area contributed by atoms with Gasteiger partial charge in [-0.2, -0.15) is 0 Å². The van der Waals surface area contributed by atoms with Crippen molar-refractivity contribution in [1.82, 2.24) is 10.2 Å². The summed E-state index contributed by atoms with van der Waals surface area (Å²) in [6.45, 7) is 10.1. The molecule has 3 amide bonds. The lowest BCUT2D eigenvalue weighted by atomic mass is 9.70. The number of unbranched alkanes of at least 4 members (excludes halogenated alkanes) is 3. The number of carbonyl (C=O) groups excluding carboxylic acids is 4. The molecule has 3 aliphatic heterocycles. The topological polar surface area (TPSA) is 125 Å². The quantitative estimate of drug-likeness (QED) is 0.149. The van der Waals surface area contributed by atoms with Crippen molar-refractivity contribution in [2.75, 3.05) is 31.1 Å². The van der Waals surface area contributed by atoms with E-state index >= 15 is 0 Å². The molecule has 10 heteroatoms. The number of esters is 1. The molecule has 0 aromatic heterocycles. The number of hydrogen-bond donors (Lipinski definition) is 2. The smallest absolute Gasteiger partial charge is 0.312 e. The lowest BCUT2D eigenvalue weighted by molar-refractivity contribution is -0.159. The Morgan fingerprint density at radius 2 is 1.89 bits per heavy atom. The predicted octanol–water partition coefficient (Wildman–Crippen LogP) is 4.30. The van der Waals surface area contributed by atoms with Crippen LogP contribution >= 0.6 is 0 Å². The summed E-state index contributed by atoms with van der Waals surface area (Å²) in [5.74, 6) is -2.94. The van der Waals surface area contributed by atoms with Gasteiger partial charge in [0.05, 0.1) is 24.5 Å². The summed E-state index contributed by atoms with van der Waals surface area (Å²) in [6.07, 6.45) is 6.95. The first-order chi connectivity index (χ1) is 22.7. The molecule has 0 saturated carbocycles. The van der Waals surface area contributed by atoms with E-state index in [-0.39, 0.29) is 37.4 Å². The van der Waals surface area contributed by atoms with Crippen LogP contribution in [0.3, 0.4) is 0 Å². The van der Waals surface area contributed by atoms with Crippen LogP contribution in [0.2, 0.25) is 0 Å². The number of carbonyl (C=O) groups is 4. The van der Waals surface area contributed by atoms with Gasteiger partial charge < -0.3 is 29.7 Å². The Bertz CT molecular complexity index is 1490. The maximum atomic E-state index is 14.8. The summed E-state index contributed by atoms with van der Waals surface area (Å²) in [7, 11) is 0. The Labute approximate surface area is 276 Å². The zero-order valence-corrected chi connectivity index (χ0v) is 27.3. The minimum atomic E-state index is -1.16. The number of benzene rings is 2. The lowest BCUT2D eigenvalue weighted by Gasteiger charge is -2.37. The van der Waals surface area contributed by atoms with Crippen LogP contribution in [0.5, 0.6) is 0 Å². The van der Waals surface area contributed by atoms with Crippen LogP contribution in [-0.2, 0) is 28.7 Å². The Morgan fingerprint density at radius 3 is 2.64 bits per heavy atom. The molecule has 2 aromatic carbocycles. The summed E-state index contributed by atoms with van der Waals surface area (Å²) in [6, 6.07) is 12.8. The summed E-state index contributed by atoms with van der Waals surface area (Å²) >= 11 is 0. The van der Waals surface area contributed by atoms with Gasteiger partial charge in [0.2, 0.25) is 11.8 Å². The minimum absolute atomic E-state index is 0.104. The highest BCUT2D eigenvalue weighted by molar-refractivity contribution is 6.05. The number of aliphatic hydroxyl groups excluding tert-OH is 1. The molecule has 47 heavy (non-hydrogen) atoms. The molecule has 2 aromatic rings. The second kappa shape index (κ2) is 15.3. The van der Waals surface area contributed by atoms with Crippen LogP contribution in [0.15, 0.2) is 67.8 Å². The normalized spacial score (nSPS) is 25.0. The van der Waals surface area contributed by atoms with Crippen LogP contribution in [0.1, 0.15) is 58.3 Å². The highest BCUT2D eigenvalue weighted by atomic mass is 16.6. The first-order valence-electron chi connectivity index (χ1n) is 16.8. The average molecular weight is 646 g/mol. The molecule has 5 rings (SSSR count). The second-order valence-corrected chi connectivity index (χ2v) is 12.9. The number of nitrogens with one attached hydrogen (secondary N) is 1. The van der Waals surface area contributed by atoms with E-state index in [1.807, 2.05) is 42.5 Å². The van der Waals surface area contributed by atoms with E-state index in [0.29, 0.717) is 50.8 Å². The fourth-order valence-corrected chi connectivity index (χ4v) is 7.53. The van der Waals surface area contributed by atoms with Crippen molar-refractivity contribution in [3.8, 4) is 0 Å². The molecule has 3 aliphatic rings. The van der Waals surface area contributed by atoms with Gasteiger partial charge in [0.15, 0.2) is 0 Å². The first-order valence-corrected chi connectivity index (χ1v) is 16.8. The largest absolute Gasteiger partial charge is 0.460 e. The number of ether oxygens (including phenoxy) is 2. The highest BCUT2D eigenvalue weighted by Crippen LogP contribution is 2.59. The number of amides is 3. The Balaban J connectivity index is 1.41. The predicted molar refractivity (Wildman–Crippen MR) is 179 cm³/mol. The summed E-state index contributed by atoms with van der Waals surface area (Å²) < 4.78 is 12.4. The van der Waals surface area contributed by atoms with E-state index in [1.54, 1.807) is 28.9 Å². The van der Waals surface area contributed by atoms with Gasteiger partial charge >= 0.3 is 5.97 Å². The van der Waals surface area contributed by atoms with Gasteiger partial charge in [-0.25, -0.2) is 0 Å². The molecule has 3 heterocycles. The third-order valence-corrected chi connectivity index (χ3v) is 9.72. The van der Waals surface area contributed by atoms with Crippen LogP contribution in [0.4, 0.5) is 5.69 Å². The molecule has 0 unspecified atom stereocenters. The molecule has 3 fully saturated rings. The third kappa shape index (κ3) is 6.99. The molecule has 0 aliphatic carbocycles. The van der Waals surface area contributed by atoms with Crippen molar-refractivity contribution in [1.29, 1.82) is 0 Å². The van der Waals surface area contributed by atoms with Gasteiger partial charge in [-0.1, -0.05) is 55.3 Å². The first kappa shape index (κ1) is 34.3. The maximum absolute atomic E-state index is 14.8. The molecule has 1 spiro atoms. The number of hydrogen-bond acceptors (Lipinski definition) is 7. The number of fused-ring (bicyclic) bond motifs is 2. The van der Waals surface area contributed by atoms with Gasteiger partial charge in [-0.3, -0.25) is 19.2 Å². The van der Waals surface area contributed by atoms with Crippen LogP contribution in [0.25, 0.3) is 10.8 Å². The van der Waals surface area contributed by atoms with Crippen molar-refractivity contribution < 1.29 is 33.8 Å². The van der Waals surface area contributed by atoms with E-state index in [1.165, 1.54) is 0 Å². The van der Waals surface area contributed by atoms with Crippen molar-refractivity contribution in [2.45, 2.75) is 82.1 Å². The van der Waals surface area contributed by atoms with Gasteiger partial charge in [0, 0.05) is 31.8 Å². The van der Waals surface area contributed by atoms with Gasteiger partial charge in [-0.05, 0) is 61.9 Å². The number of anilines is 1. The van der Waals surface area contributed by atoms with Crippen molar-refractivity contribution >= 4 is 40.2 Å². The molecule has 6 atom stereocenters. The summed E-state index contributed by atoms with van der Waals surface area (Å²) in [5.41, 5.74) is -0.470. The van der Waals surface area contributed by atoms with E-state index < -0.39 is 41.7 Å². The zero-order chi connectivity index (χ0) is 33.6. The van der Waals surface area contributed by atoms with Crippen molar-refractivity contribution in [2.24, 2.45) is 11.8 Å². The van der Waals surface area contributed by atoms with E-state index in [4.69, 9.17) is 9.47 Å². The molecule has 0 radical (unpaired) electrons. The monoisotopic (exact) mass is 645 g/mol. The lowest BCUT2D eigenvalue weighted by Crippen LogP contribution is -2.56. The van der Waals surface area contributed by atoms with Crippen LogP contribution in [-0.4, -0.2) is 83.8 Å². The number of likely N-dealkylation sites (tertiary alicyclic amines) is 1. The number of nitrogens with zero attached hydrogens (tertiary/aromatic N) is 2. The Morgan fingerprint density at radius 1 is 1.13 bits per heavy atom. The zero-order valence-electron chi connectivity index (χ0n) is 27.3. The Hall–Kier alpha value is -4.02. The SMILES string of the molecule is C=CCCC(=O)NC[C@@H](C)OC(=O)[C@@H]1[C@H]2C(=O)N(CCCCCCO)[C@H](C(=O)N(CC=C)c3ccc4ccccc4c3)[C@]23CC[C@H]1O3. The van der Waals surface area contributed by atoms with E-state index in [0.717, 1.165) is 23.6 Å². The molecule has 252 valence electrons. The molecular formula is C37H47N3O7. The number of allylic oxidation sites excluding steroid dienone is 1. The minimum Gasteiger partial charge on any atom is -0.460 e. The average Bonchev–Trinajstić information content (AvgIpc) is 3.72. The van der Waals surface area contributed by atoms with E-state index in [9.17, 15) is 24.3 Å². The van der Waals surface area contributed by atoms with Crippen LogP contribution in [0, 0.1) is 11.8 Å². The van der Waals surface area contributed by atoms with Gasteiger partial charge in [0.25, 0.3) is 5.91 Å². The summed E-state index contributed by atoms with van der Waals surface area (Å²) in [5, 5.41) is 14.0. The third-order valence-electron chi connectivity index (χ3n) is 9.72. The fraction of sp³-hybridized carbons (Fsp3) is 0.514. The van der Waals surface area contributed by atoms with Gasteiger partial charge in [0.1, 0.15) is 17.7 Å². The van der Waals surface area contributed by atoms with Crippen LogP contribution < -0.4 is 10.2 Å². The highest BCUT2D eigenvalue weighted by Gasteiger charge is 2.75. The number of aliphatic hydroxyl groups is 1. The maximum Gasteiger partial charge on any atom is 0.312 e. The van der Waals surface area contributed by atoms with Crippen molar-refractivity contribution in [3.05, 3.63) is 67.8 Å². The van der Waals surface area contributed by atoms with Crippen molar-refractivity contribution in [3.63, 3.8) is 0 Å². The number of rotatable bonds is 17. The molecular weight excluding hydrogens is 598 g/mol. The molecule has 3 saturated heterocycles. The van der Waals surface area contributed by atoms with Gasteiger partial charge in [-0.15, -0.1) is 13.2 Å². The molecule has 10 nitrogen and oxygen atoms in total. The van der Waals surface area contributed by atoms with E-state index in [2.05, 4.69) is 18.5 Å². The Kier molecular flexibility index (Phi) is 11.1. The standard InChI is InChI=1S/C37H47N3O7/c1-4-6-15-30(42)38-24-25(3)46-36(45)31-29-18-19-37(47-29)32(31)34(43)40(21-11-7-8-12-22-41)33(37)35(44)39(20-5-2)28-17-16-26-13-9-10-14-27(26)23-28/h4-5,9-10,13-14,16-17,23,25,29,31-33,41H,1-2,6-8,11-12,15,18-22,24H2,3H3,(H,38,42)/t25-,29-,31+,32+,33-,37+/m1/s1. The molecule has 2 bridgehead atoms. The molecule has 2 N–H and O–H groups in total. The second-order valence-electron chi connectivity index (χ2n) is 12.9. The summed E-state index contributed by atoms with van der Waals surface area (Å²) in [4.78, 5) is 58.2. The fourth-order valence-electron chi connectivity index (χ4n) is 7.53.